The molecule has 0 aliphatic carbocycles. The van der Waals surface area contributed by atoms with Gasteiger partial charge in [-0.1, -0.05) is 13.3 Å². The first kappa shape index (κ1) is 14.9. The van der Waals surface area contributed by atoms with Gasteiger partial charge in [-0.2, -0.15) is 5.26 Å². The summed E-state index contributed by atoms with van der Waals surface area (Å²) in [5, 5.41) is 11.3. The second-order valence-electron chi connectivity index (χ2n) is 6.65. The van der Waals surface area contributed by atoms with Crippen molar-refractivity contribution < 1.29 is 0 Å². The van der Waals surface area contributed by atoms with E-state index in [1.54, 1.807) is 6.20 Å². The number of H-pyrrole nitrogens is 1. The minimum Gasteiger partial charge on any atom is -0.371 e. The SMILES string of the molecule is CCC[C@@H]1CCCN(c2ccnc3[nH]c4cnc(C#N)cc4c23)C1. The highest BCUT2D eigenvalue weighted by Gasteiger charge is 2.22. The van der Waals surface area contributed by atoms with Crippen LogP contribution in [0.2, 0.25) is 0 Å². The quantitative estimate of drug-likeness (QED) is 0.792. The van der Waals surface area contributed by atoms with Gasteiger partial charge in [0.1, 0.15) is 17.4 Å². The van der Waals surface area contributed by atoms with Crippen molar-refractivity contribution in [2.24, 2.45) is 5.92 Å². The Hall–Kier alpha value is -2.61. The topological polar surface area (TPSA) is 68.6 Å². The summed E-state index contributed by atoms with van der Waals surface area (Å²) in [6.45, 7) is 4.46. The highest BCUT2D eigenvalue weighted by molar-refractivity contribution is 6.12. The van der Waals surface area contributed by atoms with Gasteiger partial charge in [0.25, 0.3) is 0 Å². The fraction of sp³-hybridized carbons (Fsp3) is 0.421. The molecular formula is C19H21N5. The Bertz CT molecular complexity index is 919. The summed E-state index contributed by atoms with van der Waals surface area (Å²) >= 11 is 0. The van der Waals surface area contributed by atoms with E-state index < -0.39 is 0 Å². The van der Waals surface area contributed by atoms with Crippen molar-refractivity contribution in [1.82, 2.24) is 15.0 Å². The van der Waals surface area contributed by atoms with Crippen LogP contribution in [0.15, 0.2) is 24.5 Å². The highest BCUT2D eigenvalue weighted by Crippen LogP contribution is 2.35. The van der Waals surface area contributed by atoms with Gasteiger partial charge in [-0.05, 0) is 37.3 Å². The summed E-state index contributed by atoms with van der Waals surface area (Å²) in [6.07, 6.45) is 8.71. The van der Waals surface area contributed by atoms with E-state index in [0.717, 1.165) is 40.9 Å². The van der Waals surface area contributed by atoms with Crippen molar-refractivity contribution >= 4 is 27.6 Å². The van der Waals surface area contributed by atoms with E-state index in [1.807, 2.05) is 12.3 Å². The summed E-state index contributed by atoms with van der Waals surface area (Å²) < 4.78 is 0. The van der Waals surface area contributed by atoms with Gasteiger partial charge >= 0.3 is 0 Å². The van der Waals surface area contributed by atoms with Crippen molar-refractivity contribution in [2.45, 2.75) is 32.6 Å². The van der Waals surface area contributed by atoms with Crippen molar-refractivity contribution in [3.8, 4) is 6.07 Å². The van der Waals surface area contributed by atoms with Gasteiger partial charge in [0.15, 0.2) is 0 Å². The molecule has 0 aromatic carbocycles. The van der Waals surface area contributed by atoms with Gasteiger partial charge in [0, 0.05) is 30.4 Å². The lowest BCUT2D eigenvalue weighted by Crippen LogP contribution is -2.35. The van der Waals surface area contributed by atoms with Crippen LogP contribution in [-0.2, 0) is 0 Å². The second kappa shape index (κ2) is 6.12. The monoisotopic (exact) mass is 319 g/mol. The van der Waals surface area contributed by atoms with Gasteiger partial charge in [-0.25, -0.2) is 9.97 Å². The third-order valence-corrected chi connectivity index (χ3v) is 5.03. The minimum atomic E-state index is 0.445. The second-order valence-corrected chi connectivity index (χ2v) is 6.65. The molecule has 0 amide bonds. The number of hydrogen-bond acceptors (Lipinski definition) is 4. The summed E-state index contributed by atoms with van der Waals surface area (Å²) in [7, 11) is 0. The van der Waals surface area contributed by atoms with Crippen LogP contribution in [-0.4, -0.2) is 28.0 Å². The number of anilines is 1. The number of nitrogens with one attached hydrogen (secondary N) is 1. The van der Waals surface area contributed by atoms with Crippen molar-refractivity contribution in [3.63, 3.8) is 0 Å². The van der Waals surface area contributed by atoms with E-state index in [2.05, 4.69) is 38.9 Å². The normalized spacial score (nSPS) is 18.2. The fourth-order valence-electron chi connectivity index (χ4n) is 3.95. The number of nitriles is 1. The average Bonchev–Trinajstić information content (AvgIpc) is 3.00. The molecule has 1 N–H and O–H groups in total. The Morgan fingerprint density at radius 1 is 1.42 bits per heavy atom. The molecule has 3 aromatic heterocycles. The third kappa shape index (κ3) is 2.48. The number of fused-ring (bicyclic) bond motifs is 3. The molecule has 5 heteroatoms. The predicted molar refractivity (Wildman–Crippen MR) is 96.0 cm³/mol. The highest BCUT2D eigenvalue weighted by atomic mass is 15.1. The maximum absolute atomic E-state index is 9.17. The fourth-order valence-corrected chi connectivity index (χ4v) is 3.95. The van der Waals surface area contributed by atoms with Crippen LogP contribution in [0.5, 0.6) is 0 Å². The van der Waals surface area contributed by atoms with E-state index in [4.69, 9.17) is 5.26 Å². The molecule has 4 rings (SSSR count). The molecule has 4 heterocycles. The van der Waals surface area contributed by atoms with E-state index in [-0.39, 0.29) is 0 Å². The Morgan fingerprint density at radius 2 is 2.33 bits per heavy atom. The molecule has 0 spiro atoms. The Kier molecular flexibility index (Phi) is 3.81. The first-order valence-electron chi connectivity index (χ1n) is 8.71. The van der Waals surface area contributed by atoms with E-state index in [9.17, 15) is 0 Å². The number of hydrogen-bond donors (Lipinski definition) is 1. The summed E-state index contributed by atoms with van der Waals surface area (Å²) in [4.78, 5) is 14.5. The van der Waals surface area contributed by atoms with Crippen LogP contribution >= 0.6 is 0 Å². The van der Waals surface area contributed by atoms with Crippen LogP contribution in [0.1, 0.15) is 38.3 Å². The number of aromatic amines is 1. The molecule has 5 nitrogen and oxygen atoms in total. The summed E-state index contributed by atoms with van der Waals surface area (Å²) in [5.41, 5.74) is 3.48. The van der Waals surface area contributed by atoms with Crippen molar-refractivity contribution in [2.75, 3.05) is 18.0 Å². The molecule has 1 saturated heterocycles. The molecule has 1 aliphatic rings. The number of aromatic nitrogens is 3. The molecule has 1 fully saturated rings. The standard InChI is InChI=1S/C19H21N5/c1-2-4-13-5-3-8-24(12-13)17-6-7-21-19-18(17)15-9-14(10-20)22-11-16(15)23-19/h6-7,9,11,13H,2-5,8,12H2,1H3,(H,21,23)/t13-/m1/s1. The lowest BCUT2D eigenvalue weighted by molar-refractivity contribution is 0.388. The largest absolute Gasteiger partial charge is 0.371 e. The van der Waals surface area contributed by atoms with Crippen molar-refractivity contribution in [1.29, 1.82) is 5.26 Å². The summed E-state index contributed by atoms with van der Waals surface area (Å²) in [5.74, 6) is 0.772. The van der Waals surface area contributed by atoms with Crippen LogP contribution in [0.4, 0.5) is 5.69 Å². The van der Waals surface area contributed by atoms with Gasteiger partial charge in [0.2, 0.25) is 0 Å². The van der Waals surface area contributed by atoms with Gasteiger partial charge < -0.3 is 9.88 Å². The van der Waals surface area contributed by atoms with Gasteiger partial charge in [-0.15, -0.1) is 0 Å². The molecule has 0 saturated carbocycles. The average molecular weight is 319 g/mol. The van der Waals surface area contributed by atoms with Gasteiger partial charge in [-0.3, -0.25) is 0 Å². The molecule has 0 bridgehead atoms. The van der Waals surface area contributed by atoms with Crippen molar-refractivity contribution in [3.05, 3.63) is 30.2 Å². The molecular weight excluding hydrogens is 298 g/mol. The minimum absolute atomic E-state index is 0.445. The Balaban J connectivity index is 1.84. The first-order valence-corrected chi connectivity index (χ1v) is 8.71. The zero-order chi connectivity index (χ0) is 16.5. The number of piperidine rings is 1. The first-order chi connectivity index (χ1) is 11.8. The van der Waals surface area contributed by atoms with Crippen LogP contribution < -0.4 is 4.90 Å². The van der Waals surface area contributed by atoms with Gasteiger partial charge in [0.05, 0.1) is 17.1 Å². The van der Waals surface area contributed by atoms with Crippen LogP contribution in [0, 0.1) is 17.2 Å². The maximum Gasteiger partial charge on any atom is 0.141 e. The van der Waals surface area contributed by atoms with E-state index in [0.29, 0.717) is 5.69 Å². The van der Waals surface area contributed by atoms with E-state index >= 15 is 0 Å². The number of rotatable bonds is 3. The lowest BCUT2D eigenvalue weighted by Gasteiger charge is -2.34. The molecule has 1 atom stereocenters. The number of nitrogens with zero attached hydrogens (tertiary/aromatic N) is 4. The zero-order valence-electron chi connectivity index (χ0n) is 13.9. The Labute approximate surface area is 141 Å². The van der Waals surface area contributed by atoms with Crippen LogP contribution in [0.3, 0.4) is 0 Å². The smallest absolute Gasteiger partial charge is 0.141 e. The zero-order valence-corrected chi connectivity index (χ0v) is 13.9. The molecule has 3 aromatic rings. The molecule has 122 valence electrons. The number of pyridine rings is 2. The molecule has 1 aliphatic heterocycles. The Morgan fingerprint density at radius 3 is 3.17 bits per heavy atom. The maximum atomic E-state index is 9.17. The van der Waals surface area contributed by atoms with E-state index in [1.165, 1.54) is 31.4 Å². The van der Waals surface area contributed by atoms with Crippen LogP contribution in [0.25, 0.3) is 21.9 Å². The molecule has 24 heavy (non-hydrogen) atoms. The predicted octanol–water partition coefficient (Wildman–Crippen LogP) is 4.00. The molecule has 0 unspecified atom stereocenters. The third-order valence-electron chi connectivity index (χ3n) is 5.03. The summed E-state index contributed by atoms with van der Waals surface area (Å²) in [6, 6.07) is 6.11. The molecule has 0 radical (unpaired) electrons. The lowest BCUT2D eigenvalue weighted by atomic mass is 9.93.